The first-order valence-electron chi connectivity index (χ1n) is 4.69. The Morgan fingerprint density at radius 3 is 2.75 bits per heavy atom. The summed E-state index contributed by atoms with van der Waals surface area (Å²) in [6.45, 7) is 1.80. The highest BCUT2D eigenvalue weighted by Crippen LogP contribution is 2.09. The average Bonchev–Trinajstić information content (AvgIpc) is 2.26. The summed E-state index contributed by atoms with van der Waals surface area (Å²) in [7, 11) is -3.61. The maximum absolute atomic E-state index is 11.8. The van der Waals surface area contributed by atoms with Crippen molar-refractivity contribution >= 4 is 15.8 Å². The zero-order valence-electron chi connectivity index (χ0n) is 8.84. The van der Waals surface area contributed by atoms with Crippen molar-refractivity contribution < 1.29 is 8.42 Å². The van der Waals surface area contributed by atoms with E-state index < -0.39 is 16.1 Å². The molecule has 1 aromatic rings. The minimum absolute atomic E-state index is 0.0513. The molecule has 0 amide bonds. The van der Waals surface area contributed by atoms with Crippen molar-refractivity contribution in [2.75, 3.05) is 5.73 Å². The van der Waals surface area contributed by atoms with E-state index in [0.29, 0.717) is 6.42 Å². The van der Waals surface area contributed by atoms with Crippen LogP contribution >= 0.6 is 0 Å². The van der Waals surface area contributed by atoms with Gasteiger partial charge >= 0.3 is 0 Å². The molecule has 0 saturated heterocycles. The second-order valence-electron chi connectivity index (χ2n) is 3.17. The monoisotopic (exact) mass is 239 g/mol. The second kappa shape index (κ2) is 4.96. The molecule has 0 aliphatic heterocycles. The highest BCUT2D eigenvalue weighted by atomic mass is 32.2. The van der Waals surface area contributed by atoms with Gasteiger partial charge in [0, 0.05) is 6.20 Å². The average molecular weight is 239 g/mol. The van der Waals surface area contributed by atoms with Crippen molar-refractivity contribution in [3.8, 4) is 12.3 Å². The second-order valence-corrected chi connectivity index (χ2v) is 4.88. The number of anilines is 1. The van der Waals surface area contributed by atoms with Gasteiger partial charge in [0.25, 0.3) is 0 Å². The largest absolute Gasteiger partial charge is 0.384 e. The lowest BCUT2D eigenvalue weighted by Crippen LogP contribution is -2.33. The van der Waals surface area contributed by atoms with Crippen molar-refractivity contribution in [3.63, 3.8) is 0 Å². The summed E-state index contributed by atoms with van der Waals surface area (Å²) < 4.78 is 26.0. The molecule has 1 aromatic heterocycles. The van der Waals surface area contributed by atoms with Crippen molar-refractivity contribution in [3.05, 3.63) is 18.3 Å². The Balaban J connectivity index is 2.95. The number of pyridine rings is 1. The van der Waals surface area contributed by atoms with Gasteiger partial charge in [0.05, 0.1) is 6.04 Å². The van der Waals surface area contributed by atoms with Gasteiger partial charge in [0.1, 0.15) is 10.7 Å². The predicted octanol–water partition coefficient (Wildman–Crippen LogP) is 0.354. The highest BCUT2D eigenvalue weighted by molar-refractivity contribution is 7.89. The van der Waals surface area contributed by atoms with Gasteiger partial charge in [-0.2, -0.15) is 4.72 Å². The molecule has 0 aliphatic carbocycles. The van der Waals surface area contributed by atoms with E-state index in [2.05, 4.69) is 15.6 Å². The molecule has 6 heteroatoms. The SMILES string of the molecule is C#CC(CC)NS(=O)(=O)c1ccc(N)nc1. The Hall–Kier alpha value is -1.58. The van der Waals surface area contributed by atoms with Crippen LogP contribution in [0, 0.1) is 12.3 Å². The van der Waals surface area contributed by atoms with Gasteiger partial charge in [-0.25, -0.2) is 13.4 Å². The number of aromatic nitrogens is 1. The summed E-state index contributed by atoms with van der Waals surface area (Å²) in [5.74, 6) is 2.62. The normalized spacial score (nSPS) is 13.0. The van der Waals surface area contributed by atoms with Crippen LogP contribution in [0.3, 0.4) is 0 Å². The molecule has 0 bridgehead atoms. The molecule has 3 N–H and O–H groups in total. The smallest absolute Gasteiger partial charge is 0.243 e. The van der Waals surface area contributed by atoms with Gasteiger partial charge in [-0.15, -0.1) is 6.42 Å². The third kappa shape index (κ3) is 2.95. The minimum atomic E-state index is -3.61. The van der Waals surface area contributed by atoms with E-state index in [1.54, 1.807) is 6.92 Å². The molecule has 16 heavy (non-hydrogen) atoms. The molecule has 0 aromatic carbocycles. The number of nitrogens with zero attached hydrogens (tertiary/aromatic N) is 1. The summed E-state index contributed by atoms with van der Waals surface area (Å²) in [5, 5.41) is 0. The third-order valence-electron chi connectivity index (χ3n) is 1.98. The van der Waals surface area contributed by atoms with Crippen LogP contribution in [0.15, 0.2) is 23.2 Å². The quantitative estimate of drug-likeness (QED) is 0.743. The van der Waals surface area contributed by atoms with Gasteiger partial charge in [0.2, 0.25) is 10.0 Å². The molecule has 0 spiro atoms. The van der Waals surface area contributed by atoms with Crippen molar-refractivity contribution in [1.82, 2.24) is 9.71 Å². The van der Waals surface area contributed by atoms with E-state index in [-0.39, 0.29) is 10.7 Å². The maximum atomic E-state index is 11.8. The van der Waals surface area contributed by atoms with Crippen LogP contribution in [0.4, 0.5) is 5.82 Å². The predicted molar refractivity (Wildman–Crippen MR) is 61.9 cm³/mol. The van der Waals surface area contributed by atoms with Gasteiger partial charge in [-0.1, -0.05) is 12.8 Å². The molecule has 0 aliphatic rings. The number of rotatable bonds is 4. The van der Waals surface area contributed by atoms with Crippen LogP contribution in [0.1, 0.15) is 13.3 Å². The summed E-state index contributed by atoms with van der Waals surface area (Å²) in [6, 6.07) is 2.29. The van der Waals surface area contributed by atoms with Crippen LogP contribution in [-0.4, -0.2) is 19.4 Å². The molecule has 86 valence electrons. The summed E-state index contributed by atoms with van der Waals surface area (Å²) in [4.78, 5) is 3.76. The number of nitrogens with two attached hydrogens (primary N) is 1. The van der Waals surface area contributed by atoms with E-state index in [1.807, 2.05) is 0 Å². The van der Waals surface area contributed by atoms with E-state index in [9.17, 15) is 8.42 Å². The number of terminal acetylenes is 1. The van der Waals surface area contributed by atoms with E-state index in [0.717, 1.165) is 0 Å². The Bertz CT molecular complexity index is 488. The number of nitrogens with one attached hydrogen (secondary N) is 1. The minimum Gasteiger partial charge on any atom is -0.384 e. The van der Waals surface area contributed by atoms with E-state index >= 15 is 0 Å². The van der Waals surface area contributed by atoms with Crippen LogP contribution in [0.5, 0.6) is 0 Å². The molecule has 1 atom stereocenters. The van der Waals surface area contributed by atoms with Crippen LogP contribution in [0.2, 0.25) is 0 Å². The lowest BCUT2D eigenvalue weighted by Gasteiger charge is -2.10. The van der Waals surface area contributed by atoms with Crippen molar-refractivity contribution in [1.29, 1.82) is 0 Å². The maximum Gasteiger partial charge on any atom is 0.243 e. The molecule has 1 heterocycles. The first-order valence-corrected chi connectivity index (χ1v) is 6.18. The van der Waals surface area contributed by atoms with Crippen molar-refractivity contribution in [2.45, 2.75) is 24.3 Å². The topological polar surface area (TPSA) is 85.1 Å². The fourth-order valence-electron chi connectivity index (χ4n) is 1.04. The fourth-order valence-corrected chi connectivity index (χ4v) is 2.23. The molecule has 5 nitrogen and oxygen atoms in total. The molecular weight excluding hydrogens is 226 g/mol. The number of nitrogen functional groups attached to an aromatic ring is 1. The Morgan fingerprint density at radius 2 is 2.31 bits per heavy atom. The van der Waals surface area contributed by atoms with Gasteiger partial charge in [-0.05, 0) is 18.6 Å². The Morgan fingerprint density at radius 1 is 1.62 bits per heavy atom. The molecule has 1 rings (SSSR count). The zero-order valence-corrected chi connectivity index (χ0v) is 9.66. The van der Waals surface area contributed by atoms with Gasteiger partial charge < -0.3 is 5.73 Å². The first-order chi connectivity index (χ1) is 7.49. The molecule has 0 radical (unpaired) electrons. The molecule has 0 saturated carbocycles. The zero-order chi connectivity index (χ0) is 12.2. The van der Waals surface area contributed by atoms with Gasteiger partial charge in [0.15, 0.2) is 0 Å². The number of hydrogen-bond acceptors (Lipinski definition) is 4. The summed E-state index contributed by atoms with van der Waals surface area (Å²) >= 11 is 0. The third-order valence-corrected chi connectivity index (χ3v) is 3.43. The van der Waals surface area contributed by atoms with Crippen LogP contribution < -0.4 is 10.5 Å². The lowest BCUT2D eigenvalue weighted by molar-refractivity contribution is 0.570. The first kappa shape index (κ1) is 12.5. The Labute approximate surface area is 95.1 Å². The summed E-state index contributed by atoms with van der Waals surface area (Å²) in [6.07, 6.45) is 6.90. The Kier molecular flexibility index (Phi) is 3.88. The van der Waals surface area contributed by atoms with E-state index in [4.69, 9.17) is 12.2 Å². The lowest BCUT2D eigenvalue weighted by atomic mass is 10.3. The number of hydrogen-bond donors (Lipinski definition) is 2. The van der Waals surface area contributed by atoms with Crippen LogP contribution in [-0.2, 0) is 10.0 Å². The standard InChI is InChI=1S/C10H13N3O2S/c1-3-8(4-2)13-16(14,15)9-5-6-10(11)12-7-9/h1,5-8,13H,4H2,2H3,(H2,11,12). The van der Waals surface area contributed by atoms with Crippen molar-refractivity contribution in [2.24, 2.45) is 0 Å². The molecule has 1 unspecified atom stereocenters. The summed E-state index contributed by atoms with van der Waals surface area (Å²) in [5.41, 5.74) is 5.36. The highest BCUT2D eigenvalue weighted by Gasteiger charge is 2.17. The van der Waals surface area contributed by atoms with Gasteiger partial charge in [-0.3, -0.25) is 0 Å². The van der Waals surface area contributed by atoms with E-state index in [1.165, 1.54) is 18.3 Å². The number of sulfonamides is 1. The molecular formula is C10H13N3O2S. The fraction of sp³-hybridized carbons (Fsp3) is 0.300. The van der Waals surface area contributed by atoms with Crippen LogP contribution in [0.25, 0.3) is 0 Å². The molecule has 0 fully saturated rings.